The maximum absolute atomic E-state index is 12.4. The number of anilines is 4. The number of halogens is 1. The van der Waals surface area contributed by atoms with Crippen molar-refractivity contribution >= 4 is 51.6 Å². The van der Waals surface area contributed by atoms with Gasteiger partial charge in [-0.05, 0) is 42.3 Å². The fourth-order valence-corrected chi connectivity index (χ4v) is 5.34. The lowest BCUT2D eigenvalue weighted by Gasteiger charge is -2.34. The first kappa shape index (κ1) is 28.1. The van der Waals surface area contributed by atoms with Crippen molar-refractivity contribution in [1.29, 1.82) is 5.26 Å². The van der Waals surface area contributed by atoms with Gasteiger partial charge in [-0.15, -0.1) is 0 Å². The van der Waals surface area contributed by atoms with E-state index in [2.05, 4.69) is 76.5 Å². The highest BCUT2D eigenvalue weighted by atomic mass is 127. The molecule has 0 aliphatic carbocycles. The molecule has 0 unspecified atom stereocenters. The van der Waals surface area contributed by atoms with Gasteiger partial charge in [0.15, 0.2) is 5.82 Å². The highest BCUT2D eigenvalue weighted by Gasteiger charge is 2.18. The van der Waals surface area contributed by atoms with Crippen LogP contribution in [0.5, 0.6) is 5.75 Å². The second-order valence-corrected chi connectivity index (χ2v) is 10.7. The minimum absolute atomic E-state index is 0.0918. The molecule has 9 rings (SSSR count). The van der Waals surface area contributed by atoms with Gasteiger partial charge in [-0.25, -0.2) is 4.98 Å². The average molecular weight is 653 g/mol. The highest BCUT2D eigenvalue weighted by molar-refractivity contribution is 14.1. The van der Waals surface area contributed by atoms with Crippen LogP contribution < -0.4 is 20.7 Å². The molecule has 1 aromatic heterocycles. The molecule has 0 radical (unpaired) electrons. The third-order valence-electron chi connectivity index (χ3n) is 7.01. The summed E-state index contributed by atoms with van der Waals surface area (Å²) in [6, 6.07) is 16.3. The summed E-state index contributed by atoms with van der Waals surface area (Å²) < 4.78 is 6.80. The van der Waals surface area contributed by atoms with Crippen molar-refractivity contribution in [2.75, 3.05) is 56.5 Å². The van der Waals surface area contributed by atoms with Crippen molar-refractivity contribution in [3.63, 3.8) is 0 Å². The van der Waals surface area contributed by atoms with Gasteiger partial charge in [0, 0.05) is 73.6 Å². The number of ether oxygens (including phenoxy) is 1. The summed E-state index contributed by atoms with van der Waals surface area (Å²) in [5, 5.41) is 19.2. The van der Waals surface area contributed by atoms with E-state index in [9.17, 15) is 10.1 Å². The van der Waals surface area contributed by atoms with Gasteiger partial charge in [-0.1, -0.05) is 34.7 Å². The van der Waals surface area contributed by atoms with Crippen LogP contribution in [-0.2, 0) is 15.8 Å². The number of amides is 1. The van der Waals surface area contributed by atoms with Crippen molar-refractivity contribution in [2.45, 2.75) is 23.8 Å². The van der Waals surface area contributed by atoms with Crippen LogP contribution in [-0.4, -0.2) is 71.6 Å². The number of hydrogen-bond acceptors (Lipinski definition) is 9. The van der Waals surface area contributed by atoms with Crippen molar-refractivity contribution in [3.8, 4) is 11.8 Å². The van der Waals surface area contributed by atoms with Crippen molar-refractivity contribution < 1.29 is 9.53 Å². The smallest absolute Gasteiger partial charge is 0.229 e. The number of rotatable bonds is 1. The fourth-order valence-electron chi connectivity index (χ4n) is 4.74. The Labute approximate surface area is 248 Å². The van der Waals surface area contributed by atoms with Gasteiger partial charge in [0.2, 0.25) is 11.9 Å². The first-order valence-corrected chi connectivity index (χ1v) is 15.1. The third-order valence-corrected chi connectivity index (χ3v) is 7.84. The number of nitriles is 1. The number of alkyl halides is 1. The van der Waals surface area contributed by atoms with Gasteiger partial charge in [0.1, 0.15) is 17.4 Å². The van der Waals surface area contributed by atoms with Gasteiger partial charge >= 0.3 is 0 Å². The maximum atomic E-state index is 12.4. The summed E-state index contributed by atoms with van der Waals surface area (Å²) in [5.74, 6) is 1.75. The van der Waals surface area contributed by atoms with E-state index in [1.807, 2.05) is 30.3 Å². The minimum atomic E-state index is 0.0918. The van der Waals surface area contributed by atoms with E-state index in [0.29, 0.717) is 36.9 Å². The van der Waals surface area contributed by atoms with E-state index < -0.39 is 0 Å². The van der Waals surface area contributed by atoms with Gasteiger partial charge in [0.25, 0.3) is 0 Å². The predicted molar refractivity (Wildman–Crippen MR) is 163 cm³/mol. The Morgan fingerprint density at radius 2 is 1.77 bits per heavy atom. The Morgan fingerprint density at radius 3 is 2.55 bits per heavy atom. The van der Waals surface area contributed by atoms with Crippen LogP contribution in [0.1, 0.15) is 29.5 Å². The summed E-state index contributed by atoms with van der Waals surface area (Å²) in [6.45, 7) is 6.64. The lowest BCUT2D eigenvalue weighted by atomic mass is 10.1. The first-order valence-electron chi connectivity index (χ1n) is 13.5. The van der Waals surface area contributed by atoms with E-state index in [0.717, 1.165) is 72.8 Å². The molecule has 2 aromatic carbocycles. The quantitative estimate of drug-likeness (QED) is 0.263. The molecule has 6 aliphatic rings. The maximum Gasteiger partial charge on any atom is 0.229 e. The van der Waals surface area contributed by atoms with Gasteiger partial charge in [-0.2, -0.15) is 10.2 Å². The van der Waals surface area contributed by atoms with Crippen molar-refractivity contribution in [2.24, 2.45) is 0 Å². The van der Waals surface area contributed by atoms with E-state index >= 15 is 0 Å². The molecule has 1 saturated heterocycles. The molecule has 0 atom stereocenters. The number of fused-ring (bicyclic) bond motifs is 1. The lowest BCUT2D eigenvalue weighted by Crippen LogP contribution is -2.46. The highest BCUT2D eigenvalue weighted by Crippen LogP contribution is 2.28. The topological polar surface area (TPSA) is 118 Å². The number of nitrogens with zero attached hydrogens (tertiary/aromatic N) is 5. The van der Waals surface area contributed by atoms with Crippen LogP contribution in [0.4, 0.5) is 23.1 Å². The Bertz CT molecular complexity index is 1350. The number of hydrogen-bond donors (Lipinski definition) is 3. The Balaban J connectivity index is 1.35. The molecule has 208 valence electrons. The lowest BCUT2D eigenvalue weighted by molar-refractivity contribution is -0.121. The van der Waals surface area contributed by atoms with Crippen LogP contribution in [0.25, 0.3) is 0 Å². The van der Waals surface area contributed by atoms with Gasteiger partial charge in [0.05, 0.1) is 12.8 Å². The third kappa shape index (κ3) is 7.59. The van der Waals surface area contributed by atoms with E-state index in [1.165, 1.54) is 11.8 Å². The molecule has 3 N–H and O–H groups in total. The standard InChI is InChI=1S/C29H33IN8O2/c30-17-22-16-25-6-7-26(22)40-15-1-9-32-27(39)8-10-37-11-13-38(14-12-37)20-21-2-4-24(5-3-21)34-28-23(18-31)19-33-29(35-25)36-28/h2-7,16,19H,1,8-15,17,20H2,(H,32,39)(H2,33,34,35,36). The summed E-state index contributed by atoms with van der Waals surface area (Å²) in [5.41, 5.74) is 4.32. The van der Waals surface area contributed by atoms with Gasteiger partial charge in [-0.3, -0.25) is 9.69 Å². The van der Waals surface area contributed by atoms with E-state index in [1.54, 1.807) is 0 Å². The normalized spacial score (nSPS) is 20.1. The SMILES string of the molecule is N#Cc1cnc2nc1Nc1ccc(cc1)CN1CCN(CCC(=O)NCCCOc3ccc(cc3CI)N2)CC1. The average Bonchev–Trinajstić information content (AvgIpc) is 2.98. The number of carbonyl (C=O) groups excluding carboxylic acids is 1. The fraction of sp³-hybridized carbons (Fsp3) is 0.379. The number of piperazine rings is 1. The van der Waals surface area contributed by atoms with Gasteiger partial charge < -0.3 is 25.6 Å². The predicted octanol–water partition coefficient (Wildman–Crippen LogP) is 4.18. The van der Waals surface area contributed by atoms with Crippen LogP contribution >= 0.6 is 22.6 Å². The Kier molecular flexibility index (Phi) is 9.64. The summed E-state index contributed by atoms with van der Waals surface area (Å²) in [6.07, 6.45) is 2.78. The second kappa shape index (κ2) is 13.7. The second-order valence-electron chi connectivity index (χ2n) is 9.89. The zero-order valence-electron chi connectivity index (χ0n) is 22.3. The van der Waals surface area contributed by atoms with E-state index in [4.69, 9.17) is 4.74 Å². The Hall–Kier alpha value is -3.47. The molecule has 6 aliphatic heterocycles. The molecule has 10 nitrogen and oxygen atoms in total. The summed E-state index contributed by atoms with van der Waals surface area (Å²) >= 11 is 2.31. The molecule has 1 fully saturated rings. The molecule has 8 bridgehead atoms. The number of carbonyl (C=O) groups is 1. The summed E-state index contributed by atoms with van der Waals surface area (Å²) in [7, 11) is 0. The van der Waals surface area contributed by atoms with Crippen LogP contribution in [0.15, 0.2) is 48.7 Å². The van der Waals surface area contributed by atoms with Crippen LogP contribution in [0.2, 0.25) is 0 Å². The minimum Gasteiger partial charge on any atom is -0.493 e. The zero-order chi connectivity index (χ0) is 27.7. The molecule has 3 aromatic rings. The molecular formula is C29H33IN8O2. The zero-order valence-corrected chi connectivity index (χ0v) is 24.5. The molecule has 0 spiro atoms. The first-order chi connectivity index (χ1) is 19.6. The molecule has 1 amide bonds. The largest absolute Gasteiger partial charge is 0.493 e. The molecule has 11 heteroatoms. The monoisotopic (exact) mass is 652 g/mol. The molecule has 7 heterocycles. The van der Waals surface area contributed by atoms with Crippen molar-refractivity contribution in [1.82, 2.24) is 25.1 Å². The number of benzene rings is 2. The number of aromatic nitrogens is 2. The molecular weight excluding hydrogens is 619 g/mol. The van der Waals surface area contributed by atoms with E-state index in [-0.39, 0.29) is 5.91 Å². The summed E-state index contributed by atoms with van der Waals surface area (Å²) in [4.78, 5) is 26.1. The Morgan fingerprint density at radius 1 is 1.00 bits per heavy atom. The van der Waals surface area contributed by atoms with Crippen LogP contribution in [0.3, 0.4) is 0 Å². The van der Waals surface area contributed by atoms with Crippen LogP contribution in [0, 0.1) is 11.3 Å². The van der Waals surface area contributed by atoms with Crippen molar-refractivity contribution in [3.05, 3.63) is 65.4 Å². The number of nitrogens with one attached hydrogen (secondary N) is 3. The molecule has 0 saturated carbocycles. The molecule has 40 heavy (non-hydrogen) atoms.